The number of hydrogen-bond donors (Lipinski definition) is 1. The molecule has 7 rings (SSSR count). The molecule has 2 N–H and O–H groups in total. The van der Waals surface area contributed by atoms with E-state index in [0.29, 0.717) is 18.2 Å². The molecule has 3 aliphatic heterocycles. The molecule has 1 aliphatic carbocycles. The summed E-state index contributed by atoms with van der Waals surface area (Å²) in [5, 5.41) is 5.93. The van der Waals surface area contributed by atoms with E-state index in [0.717, 1.165) is 92.1 Å². The van der Waals surface area contributed by atoms with E-state index in [9.17, 15) is 0 Å². The van der Waals surface area contributed by atoms with E-state index in [-0.39, 0.29) is 5.60 Å². The number of nitrogen functional groups attached to an aromatic ring is 1. The SMILES string of the molecule is Nc1ccc(-c2nc(N3CC4CCC(C3)O4)c3cnn([C@H]4CC[C@@]5(CCCO5)CC4)c3n2)cc1. The Bertz CT molecular complexity index is 1180. The zero-order chi connectivity index (χ0) is 22.7. The predicted molar refractivity (Wildman–Crippen MR) is 131 cm³/mol. The van der Waals surface area contributed by atoms with Gasteiger partial charge in [0.1, 0.15) is 5.82 Å². The Morgan fingerprint density at radius 3 is 2.41 bits per heavy atom. The summed E-state index contributed by atoms with van der Waals surface area (Å²) in [6, 6.07) is 8.18. The van der Waals surface area contributed by atoms with Crippen LogP contribution in [0.3, 0.4) is 0 Å². The van der Waals surface area contributed by atoms with E-state index < -0.39 is 0 Å². The number of aromatic nitrogens is 4. The molecule has 2 bridgehead atoms. The van der Waals surface area contributed by atoms with Gasteiger partial charge in [-0.05, 0) is 75.6 Å². The maximum atomic E-state index is 6.16. The number of ether oxygens (including phenoxy) is 2. The molecule has 2 unspecified atom stereocenters. The Labute approximate surface area is 199 Å². The fourth-order valence-electron chi connectivity index (χ4n) is 6.49. The first-order valence-corrected chi connectivity index (χ1v) is 12.8. The van der Waals surface area contributed by atoms with Crippen molar-refractivity contribution in [2.24, 2.45) is 0 Å². The summed E-state index contributed by atoms with van der Waals surface area (Å²) < 4.78 is 14.4. The third-order valence-corrected chi connectivity index (χ3v) is 8.34. The second kappa shape index (κ2) is 7.92. The summed E-state index contributed by atoms with van der Waals surface area (Å²) in [5.74, 6) is 1.71. The standard InChI is InChI=1S/C26H32N6O2/c27-18-4-2-17(3-5-18)23-29-24(31-15-20-6-7-21(16-31)34-20)22-14-28-32(25(22)30-23)19-8-11-26(12-9-19)10-1-13-33-26/h2-5,14,19-21H,1,6-13,15-16,27H2/t19-,20?,21?,26-. The summed E-state index contributed by atoms with van der Waals surface area (Å²) in [5.41, 5.74) is 8.71. The number of morpholine rings is 1. The number of anilines is 2. The van der Waals surface area contributed by atoms with Crippen LogP contribution in [-0.2, 0) is 9.47 Å². The summed E-state index contributed by atoms with van der Waals surface area (Å²) in [6.45, 7) is 2.66. The highest BCUT2D eigenvalue weighted by atomic mass is 16.5. The predicted octanol–water partition coefficient (Wildman–Crippen LogP) is 4.11. The zero-order valence-electron chi connectivity index (χ0n) is 19.5. The van der Waals surface area contributed by atoms with Crippen molar-refractivity contribution in [2.45, 2.75) is 75.2 Å². The van der Waals surface area contributed by atoms with Gasteiger partial charge in [-0.1, -0.05) is 0 Å². The fraction of sp³-hybridized carbons (Fsp3) is 0.577. The number of nitrogens with zero attached hydrogens (tertiary/aromatic N) is 5. The monoisotopic (exact) mass is 460 g/mol. The molecule has 1 saturated carbocycles. The van der Waals surface area contributed by atoms with Gasteiger partial charge in [-0.2, -0.15) is 5.10 Å². The van der Waals surface area contributed by atoms with Crippen LogP contribution in [0.25, 0.3) is 22.4 Å². The van der Waals surface area contributed by atoms with E-state index in [1.807, 2.05) is 30.5 Å². The highest BCUT2D eigenvalue weighted by molar-refractivity contribution is 5.89. The van der Waals surface area contributed by atoms with Crippen LogP contribution in [0.15, 0.2) is 30.5 Å². The summed E-state index contributed by atoms with van der Waals surface area (Å²) >= 11 is 0. The Balaban J connectivity index is 1.29. The van der Waals surface area contributed by atoms with E-state index in [2.05, 4.69) is 9.58 Å². The third-order valence-electron chi connectivity index (χ3n) is 8.34. The van der Waals surface area contributed by atoms with E-state index in [1.54, 1.807) is 0 Å². The van der Waals surface area contributed by atoms with Crippen LogP contribution in [0.1, 0.15) is 57.4 Å². The first-order valence-electron chi connectivity index (χ1n) is 12.8. The van der Waals surface area contributed by atoms with Crippen molar-refractivity contribution < 1.29 is 9.47 Å². The van der Waals surface area contributed by atoms with Gasteiger partial charge in [0.2, 0.25) is 0 Å². The van der Waals surface area contributed by atoms with E-state index in [4.69, 9.17) is 30.3 Å². The number of benzene rings is 1. The average Bonchev–Trinajstić information content (AvgIpc) is 3.58. The molecule has 8 heteroatoms. The number of nitrogens with two attached hydrogens (primary N) is 1. The van der Waals surface area contributed by atoms with Crippen LogP contribution >= 0.6 is 0 Å². The minimum Gasteiger partial charge on any atom is -0.399 e. The van der Waals surface area contributed by atoms with Crippen LogP contribution in [0.4, 0.5) is 11.5 Å². The minimum absolute atomic E-state index is 0.113. The molecular formula is C26H32N6O2. The van der Waals surface area contributed by atoms with Crippen LogP contribution in [0.2, 0.25) is 0 Å². The molecule has 4 fully saturated rings. The van der Waals surface area contributed by atoms with Crippen molar-refractivity contribution >= 4 is 22.5 Å². The highest BCUT2D eigenvalue weighted by Crippen LogP contribution is 2.44. The molecule has 2 atom stereocenters. The molecule has 3 aromatic rings. The molecule has 0 amide bonds. The lowest BCUT2D eigenvalue weighted by Gasteiger charge is -2.36. The van der Waals surface area contributed by atoms with Gasteiger partial charge in [-0.3, -0.25) is 0 Å². The van der Waals surface area contributed by atoms with Gasteiger partial charge in [0.25, 0.3) is 0 Å². The van der Waals surface area contributed by atoms with Gasteiger partial charge in [0.05, 0.1) is 35.4 Å². The molecule has 2 aromatic heterocycles. The van der Waals surface area contributed by atoms with Crippen LogP contribution in [0, 0.1) is 0 Å². The maximum absolute atomic E-state index is 6.16. The van der Waals surface area contributed by atoms with Crippen molar-refractivity contribution in [1.29, 1.82) is 0 Å². The molecule has 178 valence electrons. The minimum atomic E-state index is 0.113. The van der Waals surface area contributed by atoms with Gasteiger partial charge < -0.3 is 20.1 Å². The molecule has 0 radical (unpaired) electrons. The van der Waals surface area contributed by atoms with Gasteiger partial charge in [0, 0.05) is 30.9 Å². The molecular weight excluding hydrogens is 428 g/mol. The summed E-state index contributed by atoms with van der Waals surface area (Å²) in [7, 11) is 0. The van der Waals surface area contributed by atoms with Crippen molar-refractivity contribution in [2.75, 3.05) is 30.3 Å². The fourth-order valence-corrected chi connectivity index (χ4v) is 6.49. The lowest BCUT2D eigenvalue weighted by atomic mass is 9.80. The van der Waals surface area contributed by atoms with Crippen molar-refractivity contribution in [3.05, 3.63) is 30.5 Å². The number of rotatable bonds is 3. The van der Waals surface area contributed by atoms with Gasteiger partial charge in [-0.15, -0.1) is 0 Å². The van der Waals surface area contributed by atoms with E-state index >= 15 is 0 Å². The lowest BCUT2D eigenvalue weighted by molar-refractivity contribution is -0.0337. The smallest absolute Gasteiger partial charge is 0.164 e. The van der Waals surface area contributed by atoms with Gasteiger partial charge >= 0.3 is 0 Å². The maximum Gasteiger partial charge on any atom is 0.164 e. The molecule has 4 aliphatic rings. The topological polar surface area (TPSA) is 91.3 Å². The second-order valence-electron chi connectivity index (χ2n) is 10.5. The third kappa shape index (κ3) is 3.46. The largest absolute Gasteiger partial charge is 0.399 e. The van der Waals surface area contributed by atoms with Crippen molar-refractivity contribution in [1.82, 2.24) is 19.7 Å². The lowest BCUT2D eigenvalue weighted by Crippen LogP contribution is -2.43. The first-order chi connectivity index (χ1) is 16.7. The molecule has 8 nitrogen and oxygen atoms in total. The van der Waals surface area contributed by atoms with Crippen molar-refractivity contribution in [3.63, 3.8) is 0 Å². The Kier molecular flexibility index (Phi) is 4.81. The summed E-state index contributed by atoms with van der Waals surface area (Å²) in [6.07, 6.45) is 11.6. The van der Waals surface area contributed by atoms with Crippen LogP contribution < -0.4 is 10.6 Å². The van der Waals surface area contributed by atoms with Gasteiger partial charge in [0.15, 0.2) is 11.5 Å². The second-order valence-corrected chi connectivity index (χ2v) is 10.5. The van der Waals surface area contributed by atoms with Crippen LogP contribution in [0.5, 0.6) is 0 Å². The summed E-state index contributed by atoms with van der Waals surface area (Å²) in [4.78, 5) is 12.5. The molecule has 34 heavy (non-hydrogen) atoms. The first kappa shape index (κ1) is 20.6. The molecule has 3 saturated heterocycles. The van der Waals surface area contributed by atoms with Crippen LogP contribution in [-0.4, -0.2) is 57.3 Å². The van der Waals surface area contributed by atoms with Gasteiger partial charge in [-0.25, -0.2) is 14.6 Å². The highest BCUT2D eigenvalue weighted by Gasteiger charge is 2.40. The Morgan fingerprint density at radius 1 is 0.941 bits per heavy atom. The number of fused-ring (bicyclic) bond motifs is 3. The molecule has 1 aromatic carbocycles. The zero-order valence-corrected chi connectivity index (χ0v) is 19.5. The van der Waals surface area contributed by atoms with Crippen molar-refractivity contribution in [3.8, 4) is 11.4 Å². The average molecular weight is 461 g/mol. The molecule has 1 spiro atoms. The quantitative estimate of drug-likeness (QED) is 0.588. The number of hydrogen-bond acceptors (Lipinski definition) is 7. The Hall–Kier alpha value is -2.71. The Morgan fingerprint density at radius 2 is 1.71 bits per heavy atom. The molecule has 5 heterocycles. The normalized spacial score (nSPS) is 31.1. The van der Waals surface area contributed by atoms with E-state index in [1.165, 1.54) is 12.8 Å².